The number of nitrogens with one attached hydrogen (secondary N) is 1. The maximum atomic E-state index is 13.4. The summed E-state index contributed by atoms with van der Waals surface area (Å²) in [5, 5.41) is 11.3. The van der Waals surface area contributed by atoms with E-state index in [0.717, 1.165) is 16.3 Å². The molecule has 2 aromatic carbocycles. The maximum absolute atomic E-state index is 13.4. The van der Waals surface area contributed by atoms with Gasteiger partial charge in [-0.25, -0.2) is 9.71 Å². The van der Waals surface area contributed by atoms with Crippen molar-refractivity contribution in [3.05, 3.63) is 81.3 Å². The summed E-state index contributed by atoms with van der Waals surface area (Å²) in [5.41, 5.74) is 1.53. The topological polar surface area (TPSA) is 129 Å². The first-order chi connectivity index (χ1) is 18.0. The van der Waals surface area contributed by atoms with Gasteiger partial charge in [0, 0.05) is 25.5 Å². The number of hydrogen-bond donors (Lipinski definition) is 2. The number of hydrogen-bond acceptors (Lipinski definition) is 8. The molecule has 0 aliphatic carbocycles. The number of carbonyl (C=O) groups is 2. The number of aliphatic hydroxyl groups is 1. The quantitative estimate of drug-likeness (QED) is 0.348. The highest BCUT2D eigenvalue weighted by atomic mass is 32.2. The highest BCUT2D eigenvalue weighted by Gasteiger charge is 2.27. The van der Waals surface area contributed by atoms with Crippen LogP contribution >= 0.6 is 11.3 Å². The zero-order valence-corrected chi connectivity index (χ0v) is 23.4. The van der Waals surface area contributed by atoms with Crippen molar-refractivity contribution >= 4 is 33.4 Å². The van der Waals surface area contributed by atoms with Crippen LogP contribution in [0.2, 0.25) is 0 Å². The Morgan fingerprint density at radius 3 is 2.37 bits per heavy atom. The van der Waals surface area contributed by atoms with Gasteiger partial charge in [-0.1, -0.05) is 42.5 Å². The van der Waals surface area contributed by atoms with Gasteiger partial charge in [0.1, 0.15) is 16.5 Å². The van der Waals surface area contributed by atoms with Gasteiger partial charge in [-0.2, -0.15) is 12.7 Å². The lowest BCUT2D eigenvalue weighted by Crippen LogP contribution is -2.39. The zero-order valence-electron chi connectivity index (χ0n) is 21.7. The molecule has 0 bridgehead atoms. The average molecular weight is 561 g/mol. The molecule has 0 spiro atoms. The first-order valence-corrected chi connectivity index (χ1v) is 14.1. The Morgan fingerprint density at radius 1 is 1.11 bits per heavy atom. The molecule has 0 radical (unpaired) electrons. The predicted molar refractivity (Wildman–Crippen MR) is 145 cm³/mol. The third kappa shape index (κ3) is 7.60. The number of benzene rings is 2. The molecule has 0 unspecified atom stereocenters. The van der Waals surface area contributed by atoms with E-state index in [4.69, 9.17) is 4.74 Å². The summed E-state index contributed by atoms with van der Waals surface area (Å²) in [5.74, 6) is -0.746. The Balaban J connectivity index is 1.80. The molecular formula is C26H32N4O6S2. The van der Waals surface area contributed by atoms with Crippen molar-refractivity contribution < 1.29 is 27.9 Å². The summed E-state index contributed by atoms with van der Waals surface area (Å²) in [6.07, 6.45) is -0.0215. The van der Waals surface area contributed by atoms with Gasteiger partial charge in [0.05, 0.1) is 13.7 Å². The van der Waals surface area contributed by atoms with Crippen LogP contribution in [0, 0.1) is 6.92 Å². The van der Waals surface area contributed by atoms with Crippen LogP contribution in [0.3, 0.4) is 0 Å². The predicted octanol–water partition coefficient (Wildman–Crippen LogP) is 2.69. The number of ether oxygens (including phenoxy) is 1. The van der Waals surface area contributed by atoms with E-state index in [0.29, 0.717) is 34.2 Å². The first kappa shape index (κ1) is 29.2. The first-order valence-electron chi connectivity index (χ1n) is 11.9. The van der Waals surface area contributed by atoms with Gasteiger partial charge < -0.3 is 14.7 Å². The summed E-state index contributed by atoms with van der Waals surface area (Å²) in [4.78, 5) is 32.3. The van der Waals surface area contributed by atoms with Crippen molar-refractivity contribution in [2.24, 2.45) is 0 Å². The van der Waals surface area contributed by atoms with Crippen LogP contribution < -0.4 is 9.46 Å². The second-order valence-electron chi connectivity index (χ2n) is 8.76. The number of aryl methyl sites for hydroxylation is 2. The molecule has 12 heteroatoms. The molecule has 1 atom stereocenters. The molecule has 1 aromatic heterocycles. The van der Waals surface area contributed by atoms with E-state index in [1.807, 2.05) is 35.1 Å². The maximum Gasteiger partial charge on any atom is 0.303 e. The van der Waals surface area contributed by atoms with Gasteiger partial charge in [0.25, 0.3) is 11.8 Å². The second kappa shape index (κ2) is 13.0. The zero-order chi connectivity index (χ0) is 27.9. The lowest BCUT2D eigenvalue weighted by atomic mass is 10.1. The summed E-state index contributed by atoms with van der Waals surface area (Å²) in [7, 11) is 0.165. The molecule has 2 N–H and O–H groups in total. The number of aromatic nitrogens is 1. The molecule has 0 saturated carbocycles. The standard InChI is InChI=1S/C26H32N4O6S2/c1-18-23(25(32)28-38(34,35)29(2)3)27-22(37-18)17-30(16-8-11-19-9-6-5-7-10-19)26(33)24(31)20-12-14-21(36-4)15-13-20/h5-7,9-10,12-15,24,31H,8,11,16-17H2,1-4H3,(H,28,32)/t24-/m1/s1. The van der Waals surface area contributed by atoms with E-state index in [1.165, 1.54) is 37.4 Å². The SMILES string of the molecule is COc1ccc([C@@H](O)C(=O)N(CCCc2ccccc2)Cc2nc(C(=O)NS(=O)(=O)N(C)C)c(C)s2)cc1. The second-order valence-corrected chi connectivity index (χ2v) is 11.9. The number of aliphatic hydroxyl groups excluding tert-OH is 1. The van der Waals surface area contributed by atoms with Crippen LogP contribution in [0.25, 0.3) is 0 Å². The van der Waals surface area contributed by atoms with Crippen molar-refractivity contribution in [1.82, 2.24) is 18.9 Å². The fraction of sp³-hybridized carbons (Fsp3) is 0.346. The molecule has 0 fully saturated rings. The molecule has 10 nitrogen and oxygen atoms in total. The summed E-state index contributed by atoms with van der Waals surface area (Å²) >= 11 is 1.19. The summed E-state index contributed by atoms with van der Waals surface area (Å²) in [6, 6.07) is 16.5. The molecule has 38 heavy (non-hydrogen) atoms. The fourth-order valence-corrected chi connectivity index (χ4v) is 5.10. The summed E-state index contributed by atoms with van der Waals surface area (Å²) < 4.78 is 32.1. The third-order valence-electron chi connectivity index (χ3n) is 5.80. The van der Waals surface area contributed by atoms with Gasteiger partial charge >= 0.3 is 10.2 Å². The molecule has 0 aliphatic heterocycles. The number of carbonyl (C=O) groups excluding carboxylic acids is 2. The van der Waals surface area contributed by atoms with Gasteiger partial charge in [-0.15, -0.1) is 11.3 Å². The Kier molecular flexibility index (Phi) is 9.97. The molecule has 3 rings (SSSR count). The van der Waals surface area contributed by atoms with E-state index in [9.17, 15) is 23.1 Å². The van der Waals surface area contributed by atoms with Crippen LogP contribution in [-0.4, -0.2) is 67.3 Å². The Hall–Kier alpha value is -3.32. The molecule has 204 valence electrons. The van der Waals surface area contributed by atoms with Gasteiger partial charge in [0.15, 0.2) is 6.10 Å². The van der Waals surface area contributed by atoms with E-state index < -0.39 is 28.1 Å². The Labute approximate surface area is 227 Å². The van der Waals surface area contributed by atoms with Crippen LogP contribution in [0.15, 0.2) is 54.6 Å². The average Bonchev–Trinajstić information content (AvgIpc) is 3.27. The van der Waals surface area contributed by atoms with Gasteiger partial charge in [-0.05, 0) is 43.0 Å². The van der Waals surface area contributed by atoms with Gasteiger partial charge in [0.2, 0.25) is 0 Å². The van der Waals surface area contributed by atoms with Gasteiger partial charge in [-0.3, -0.25) is 9.59 Å². The minimum Gasteiger partial charge on any atom is -0.497 e. The highest BCUT2D eigenvalue weighted by Crippen LogP contribution is 2.24. The number of amides is 2. The highest BCUT2D eigenvalue weighted by molar-refractivity contribution is 7.87. The Bertz CT molecular complexity index is 1340. The minimum absolute atomic E-state index is 0.0252. The van der Waals surface area contributed by atoms with Crippen molar-refractivity contribution in [3.8, 4) is 5.75 Å². The van der Waals surface area contributed by atoms with Crippen molar-refractivity contribution in [2.75, 3.05) is 27.7 Å². The number of methoxy groups -OCH3 is 1. The summed E-state index contributed by atoms with van der Waals surface area (Å²) in [6.45, 7) is 2.06. The smallest absolute Gasteiger partial charge is 0.303 e. The van der Waals surface area contributed by atoms with E-state index in [2.05, 4.69) is 4.98 Å². The molecule has 2 amide bonds. The van der Waals surface area contributed by atoms with Crippen LogP contribution in [0.4, 0.5) is 0 Å². The monoisotopic (exact) mass is 560 g/mol. The normalized spacial score (nSPS) is 12.3. The third-order valence-corrected chi connectivity index (χ3v) is 8.16. The molecule has 0 aliphatic rings. The van der Waals surface area contributed by atoms with E-state index in [1.54, 1.807) is 31.2 Å². The van der Waals surface area contributed by atoms with E-state index in [-0.39, 0.29) is 12.2 Å². The molecular weight excluding hydrogens is 528 g/mol. The van der Waals surface area contributed by atoms with Crippen LogP contribution in [0.5, 0.6) is 5.75 Å². The van der Waals surface area contributed by atoms with Crippen molar-refractivity contribution in [3.63, 3.8) is 0 Å². The molecule has 3 aromatic rings. The lowest BCUT2D eigenvalue weighted by molar-refractivity contribution is -0.141. The largest absolute Gasteiger partial charge is 0.497 e. The number of thiazole rings is 1. The lowest BCUT2D eigenvalue weighted by Gasteiger charge is -2.25. The fourth-order valence-electron chi connectivity index (χ4n) is 3.64. The van der Waals surface area contributed by atoms with Crippen molar-refractivity contribution in [1.29, 1.82) is 0 Å². The molecule has 0 saturated heterocycles. The van der Waals surface area contributed by atoms with Crippen LogP contribution in [0.1, 0.15) is 44.0 Å². The Morgan fingerprint density at radius 2 is 1.76 bits per heavy atom. The number of nitrogens with zero attached hydrogens (tertiary/aromatic N) is 3. The number of rotatable bonds is 12. The van der Waals surface area contributed by atoms with Crippen LogP contribution in [-0.2, 0) is 28.0 Å². The van der Waals surface area contributed by atoms with Crippen molar-refractivity contribution in [2.45, 2.75) is 32.4 Å². The molecule has 1 heterocycles. The van der Waals surface area contributed by atoms with E-state index >= 15 is 0 Å². The minimum atomic E-state index is -3.98.